The SMILES string of the molecule is C=C/C(=C\C(=C)N1CCCC1=O)C1(Cn2cc(O)c(=O)c(C(=O)O)c2)CCCC1. The highest BCUT2D eigenvalue weighted by Crippen LogP contribution is 2.46. The molecule has 3 rings (SSSR count). The van der Waals surface area contributed by atoms with Gasteiger partial charge in [0.05, 0.1) is 0 Å². The van der Waals surface area contributed by atoms with Gasteiger partial charge in [0.1, 0.15) is 5.56 Å². The fraction of sp³-hybridized carbons (Fsp3) is 0.409. The summed E-state index contributed by atoms with van der Waals surface area (Å²) in [5, 5.41) is 19.2. The van der Waals surface area contributed by atoms with Crippen molar-refractivity contribution in [1.82, 2.24) is 9.47 Å². The third-order valence-electron chi connectivity index (χ3n) is 5.91. The number of pyridine rings is 1. The zero-order chi connectivity index (χ0) is 21.2. The van der Waals surface area contributed by atoms with Gasteiger partial charge in [-0.15, -0.1) is 0 Å². The molecule has 2 heterocycles. The molecule has 0 unspecified atom stereocenters. The molecule has 1 aliphatic carbocycles. The lowest BCUT2D eigenvalue weighted by Crippen LogP contribution is -2.28. The Kier molecular flexibility index (Phi) is 5.77. The molecule has 29 heavy (non-hydrogen) atoms. The second-order valence-electron chi connectivity index (χ2n) is 7.80. The van der Waals surface area contributed by atoms with Gasteiger partial charge in [0.25, 0.3) is 0 Å². The average Bonchev–Trinajstić information content (AvgIpc) is 3.31. The Hall–Kier alpha value is -3.09. The smallest absolute Gasteiger partial charge is 0.341 e. The van der Waals surface area contributed by atoms with Crippen molar-refractivity contribution in [3.8, 4) is 5.75 Å². The molecule has 1 aromatic heterocycles. The first-order valence-electron chi connectivity index (χ1n) is 9.78. The van der Waals surface area contributed by atoms with E-state index in [0.717, 1.165) is 37.7 Å². The molecule has 0 aromatic carbocycles. The summed E-state index contributed by atoms with van der Waals surface area (Å²) < 4.78 is 1.56. The molecule has 0 atom stereocenters. The van der Waals surface area contributed by atoms with Gasteiger partial charge < -0.3 is 19.7 Å². The number of allylic oxidation sites excluding steroid dienone is 3. The van der Waals surface area contributed by atoms with E-state index in [9.17, 15) is 24.6 Å². The van der Waals surface area contributed by atoms with E-state index >= 15 is 0 Å². The molecule has 2 aliphatic rings. The number of carbonyl (C=O) groups excluding carboxylic acids is 1. The first-order chi connectivity index (χ1) is 13.8. The highest BCUT2D eigenvalue weighted by molar-refractivity contribution is 5.87. The summed E-state index contributed by atoms with van der Waals surface area (Å²) in [4.78, 5) is 36.9. The van der Waals surface area contributed by atoms with Crippen LogP contribution in [0.3, 0.4) is 0 Å². The van der Waals surface area contributed by atoms with E-state index in [1.54, 1.807) is 15.5 Å². The fourth-order valence-corrected chi connectivity index (χ4v) is 4.44. The molecular formula is C22H26N2O5. The standard InChI is InChI=1S/C22H26N2O5/c1-3-16(11-15(2)24-10-6-7-19(24)26)22(8-4-5-9-22)14-23-12-17(21(28)29)20(27)18(25)13-23/h3,11-13,25H,1-2,4-10,14H2,(H,28,29)/b16-11+. The molecule has 0 bridgehead atoms. The Bertz CT molecular complexity index is 950. The zero-order valence-electron chi connectivity index (χ0n) is 16.4. The molecule has 154 valence electrons. The highest BCUT2D eigenvalue weighted by atomic mass is 16.4. The lowest BCUT2D eigenvalue weighted by molar-refractivity contribution is -0.125. The van der Waals surface area contributed by atoms with Crippen LogP contribution in [0.2, 0.25) is 0 Å². The summed E-state index contributed by atoms with van der Waals surface area (Å²) in [7, 11) is 0. The predicted octanol–water partition coefficient (Wildman–Crippen LogP) is 3.06. The number of hydrogen-bond acceptors (Lipinski definition) is 4. The van der Waals surface area contributed by atoms with E-state index in [1.807, 2.05) is 6.08 Å². The number of aromatic nitrogens is 1. The average molecular weight is 398 g/mol. The van der Waals surface area contributed by atoms with E-state index in [4.69, 9.17) is 0 Å². The molecule has 2 fully saturated rings. The summed E-state index contributed by atoms with van der Waals surface area (Å²) in [6, 6.07) is 0. The Morgan fingerprint density at radius 1 is 1.21 bits per heavy atom. The number of amides is 1. The van der Waals surface area contributed by atoms with Crippen molar-refractivity contribution in [3.63, 3.8) is 0 Å². The van der Waals surface area contributed by atoms with Crippen molar-refractivity contribution >= 4 is 11.9 Å². The van der Waals surface area contributed by atoms with Crippen LogP contribution in [0.1, 0.15) is 48.9 Å². The molecule has 7 heteroatoms. The van der Waals surface area contributed by atoms with Crippen LogP contribution in [0.4, 0.5) is 0 Å². The minimum atomic E-state index is -1.37. The minimum Gasteiger partial charge on any atom is -0.503 e. The van der Waals surface area contributed by atoms with Crippen molar-refractivity contribution in [2.45, 2.75) is 45.1 Å². The van der Waals surface area contributed by atoms with Crippen molar-refractivity contribution < 1.29 is 19.8 Å². The summed E-state index contributed by atoms with van der Waals surface area (Å²) in [5.41, 5.74) is -0.147. The summed E-state index contributed by atoms with van der Waals surface area (Å²) in [6.07, 6.45) is 11.2. The van der Waals surface area contributed by atoms with Gasteiger partial charge in [-0.25, -0.2) is 4.79 Å². The summed E-state index contributed by atoms with van der Waals surface area (Å²) >= 11 is 0. The van der Waals surface area contributed by atoms with Gasteiger partial charge in [0.15, 0.2) is 5.75 Å². The lowest BCUT2D eigenvalue weighted by atomic mass is 9.77. The number of likely N-dealkylation sites (tertiary alicyclic amines) is 1. The summed E-state index contributed by atoms with van der Waals surface area (Å²) in [6.45, 7) is 9.06. The third-order valence-corrected chi connectivity index (χ3v) is 5.91. The second-order valence-corrected chi connectivity index (χ2v) is 7.80. The quantitative estimate of drug-likeness (QED) is 0.688. The van der Waals surface area contributed by atoms with Gasteiger partial charge in [0.2, 0.25) is 11.3 Å². The molecule has 1 aromatic rings. The van der Waals surface area contributed by atoms with Crippen molar-refractivity contribution in [2.75, 3.05) is 6.54 Å². The van der Waals surface area contributed by atoms with Crippen LogP contribution in [-0.2, 0) is 11.3 Å². The van der Waals surface area contributed by atoms with Gasteiger partial charge in [-0.3, -0.25) is 9.59 Å². The molecule has 2 N–H and O–H groups in total. The van der Waals surface area contributed by atoms with Gasteiger partial charge in [-0.2, -0.15) is 0 Å². The van der Waals surface area contributed by atoms with Crippen molar-refractivity contribution in [1.29, 1.82) is 0 Å². The van der Waals surface area contributed by atoms with Crippen molar-refractivity contribution in [3.05, 3.63) is 64.8 Å². The molecular weight excluding hydrogens is 372 g/mol. The maximum Gasteiger partial charge on any atom is 0.341 e. The molecule has 7 nitrogen and oxygen atoms in total. The number of hydrogen-bond donors (Lipinski definition) is 2. The van der Waals surface area contributed by atoms with E-state index in [2.05, 4.69) is 13.2 Å². The maximum absolute atomic E-state index is 12.0. The van der Waals surface area contributed by atoms with Gasteiger partial charge >= 0.3 is 5.97 Å². The van der Waals surface area contributed by atoms with Crippen LogP contribution in [0, 0.1) is 5.41 Å². The Balaban J connectivity index is 1.97. The Labute approximate surface area is 169 Å². The lowest BCUT2D eigenvalue weighted by Gasteiger charge is -2.32. The number of nitrogens with zero attached hydrogens (tertiary/aromatic N) is 2. The normalized spacial score (nSPS) is 18.8. The molecule has 0 radical (unpaired) electrons. The number of carboxylic acid groups (broad SMARTS) is 1. The number of carbonyl (C=O) groups is 2. The molecule has 1 amide bonds. The van der Waals surface area contributed by atoms with Crippen LogP contribution in [0.15, 0.2) is 53.8 Å². The van der Waals surface area contributed by atoms with E-state index < -0.39 is 22.7 Å². The molecule has 1 aliphatic heterocycles. The second kappa shape index (κ2) is 8.11. The number of carboxylic acids is 1. The van der Waals surface area contributed by atoms with Crippen LogP contribution >= 0.6 is 0 Å². The topological polar surface area (TPSA) is 99.8 Å². The number of aromatic hydroxyl groups is 1. The first kappa shape index (κ1) is 20.6. The van der Waals surface area contributed by atoms with E-state index in [-0.39, 0.29) is 11.3 Å². The fourth-order valence-electron chi connectivity index (χ4n) is 4.44. The Morgan fingerprint density at radius 3 is 2.45 bits per heavy atom. The van der Waals surface area contributed by atoms with E-state index in [0.29, 0.717) is 25.2 Å². The zero-order valence-corrected chi connectivity index (χ0v) is 16.4. The van der Waals surface area contributed by atoms with Gasteiger partial charge in [0, 0.05) is 43.0 Å². The largest absolute Gasteiger partial charge is 0.503 e. The number of aromatic carboxylic acids is 1. The Morgan fingerprint density at radius 2 is 1.90 bits per heavy atom. The monoisotopic (exact) mass is 398 g/mol. The van der Waals surface area contributed by atoms with Gasteiger partial charge in [-0.05, 0) is 30.9 Å². The van der Waals surface area contributed by atoms with Crippen molar-refractivity contribution in [2.24, 2.45) is 5.41 Å². The minimum absolute atomic E-state index is 0.0616. The van der Waals surface area contributed by atoms with Crippen LogP contribution in [0.25, 0.3) is 0 Å². The highest BCUT2D eigenvalue weighted by Gasteiger charge is 2.37. The van der Waals surface area contributed by atoms with Crippen LogP contribution in [0.5, 0.6) is 5.75 Å². The summed E-state index contributed by atoms with van der Waals surface area (Å²) in [5.74, 6) is -1.90. The molecule has 0 spiro atoms. The third kappa shape index (κ3) is 4.04. The van der Waals surface area contributed by atoms with Crippen LogP contribution < -0.4 is 5.43 Å². The first-order valence-corrected chi connectivity index (χ1v) is 9.78. The molecule has 1 saturated heterocycles. The van der Waals surface area contributed by atoms with E-state index in [1.165, 1.54) is 12.4 Å². The van der Waals surface area contributed by atoms with Gasteiger partial charge in [-0.1, -0.05) is 32.1 Å². The molecule has 1 saturated carbocycles. The number of rotatable bonds is 7. The predicted molar refractivity (Wildman–Crippen MR) is 109 cm³/mol. The van der Waals surface area contributed by atoms with Crippen LogP contribution in [-0.4, -0.2) is 38.1 Å². The maximum atomic E-state index is 12.0.